The molecule has 0 aliphatic heterocycles. The van der Waals surface area contributed by atoms with E-state index in [9.17, 15) is 13.2 Å². The van der Waals surface area contributed by atoms with Crippen LogP contribution in [0.5, 0.6) is 5.75 Å². The summed E-state index contributed by atoms with van der Waals surface area (Å²) in [4.78, 5) is 3.59. The first-order valence-corrected chi connectivity index (χ1v) is 5.00. The number of benzene rings is 1. The number of nitrogen functional groups attached to an aromatic ring is 1. The van der Waals surface area contributed by atoms with Crippen molar-refractivity contribution in [1.82, 2.24) is 4.98 Å². The second-order valence-corrected chi connectivity index (χ2v) is 3.51. The molecule has 2 aromatic rings. The van der Waals surface area contributed by atoms with Crippen molar-refractivity contribution in [2.75, 3.05) is 12.5 Å². The highest BCUT2D eigenvalue weighted by Crippen LogP contribution is 2.34. The van der Waals surface area contributed by atoms with Crippen molar-refractivity contribution in [1.29, 1.82) is 0 Å². The number of alkyl halides is 2. The lowest BCUT2D eigenvalue weighted by atomic mass is 10.1. The van der Waals surface area contributed by atoms with E-state index >= 15 is 0 Å². The number of rotatable bonds is 3. The fraction of sp³-hybridized carbons (Fsp3) is 0.182. The first-order chi connectivity index (χ1) is 8.58. The van der Waals surface area contributed by atoms with Gasteiger partial charge < -0.3 is 10.2 Å². The van der Waals surface area contributed by atoms with Crippen LogP contribution in [0.3, 0.4) is 0 Å². The summed E-state index contributed by atoms with van der Waals surface area (Å²) < 4.78 is 43.9. The Labute approximate surface area is 101 Å². The van der Waals surface area contributed by atoms with Crippen molar-refractivity contribution in [2.24, 2.45) is 5.84 Å². The molecule has 1 heterocycles. The van der Waals surface area contributed by atoms with Gasteiger partial charge in [0.1, 0.15) is 22.8 Å². The van der Waals surface area contributed by atoms with Crippen molar-refractivity contribution in [3.05, 3.63) is 29.7 Å². The molecule has 0 saturated carbocycles. The van der Waals surface area contributed by atoms with Crippen LogP contribution in [-0.4, -0.2) is 12.1 Å². The molecule has 0 aliphatic rings. The minimum atomic E-state index is -2.81. The van der Waals surface area contributed by atoms with Crippen LogP contribution >= 0.6 is 0 Å². The van der Waals surface area contributed by atoms with Gasteiger partial charge in [-0.05, 0) is 18.2 Å². The van der Waals surface area contributed by atoms with Gasteiger partial charge in [-0.3, -0.25) is 5.84 Å². The molecule has 0 aliphatic carbocycles. The third kappa shape index (κ3) is 1.92. The molecule has 0 spiro atoms. The Hall–Kier alpha value is -2.02. The summed E-state index contributed by atoms with van der Waals surface area (Å²) in [5, 5.41) is 0.226. The van der Waals surface area contributed by atoms with Gasteiger partial charge >= 0.3 is 0 Å². The highest BCUT2D eigenvalue weighted by atomic mass is 19.3. The monoisotopic (exact) mass is 257 g/mol. The molecule has 2 rings (SSSR count). The Kier molecular flexibility index (Phi) is 3.24. The van der Waals surface area contributed by atoms with Crippen molar-refractivity contribution in [3.8, 4) is 5.75 Å². The van der Waals surface area contributed by atoms with E-state index < -0.39 is 17.9 Å². The van der Waals surface area contributed by atoms with E-state index in [-0.39, 0.29) is 16.6 Å². The quantitative estimate of drug-likeness (QED) is 0.655. The maximum Gasteiger partial charge on any atom is 0.280 e. The molecule has 1 aromatic heterocycles. The zero-order valence-corrected chi connectivity index (χ0v) is 9.38. The van der Waals surface area contributed by atoms with Crippen molar-refractivity contribution < 1.29 is 17.9 Å². The van der Waals surface area contributed by atoms with E-state index in [1.165, 1.54) is 13.2 Å². The minimum absolute atomic E-state index is 0.131. The number of anilines is 1. The molecule has 0 atom stereocenters. The van der Waals surface area contributed by atoms with E-state index in [0.29, 0.717) is 5.75 Å². The van der Waals surface area contributed by atoms with Crippen LogP contribution in [0.2, 0.25) is 0 Å². The number of pyridine rings is 1. The summed E-state index contributed by atoms with van der Waals surface area (Å²) in [5.41, 5.74) is 1.62. The Morgan fingerprint density at radius 1 is 1.39 bits per heavy atom. The molecule has 96 valence electrons. The van der Waals surface area contributed by atoms with Gasteiger partial charge in [-0.25, -0.2) is 18.2 Å². The number of ether oxygens (including phenoxy) is 1. The van der Waals surface area contributed by atoms with Gasteiger partial charge in [0.05, 0.1) is 18.2 Å². The molecule has 0 amide bonds. The van der Waals surface area contributed by atoms with Crippen LogP contribution in [0.25, 0.3) is 10.9 Å². The molecule has 0 bridgehead atoms. The predicted molar refractivity (Wildman–Crippen MR) is 61.0 cm³/mol. The van der Waals surface area contributed by atoms with Gasteiger partial charge in [0, 0.05) is 0 Å². The van der Waals surface area contributed by atoms with Gasteiger partial charge in [0.25, 0.3) is 6.43 Å². The maximum absolute atomic E-state index is 13.6. The summed E-state index contributed by atoms with van der Waals surface area (Å²) in [6, 6.07) is 3.54. The first kappa shape index (κ1) is 12.4. The zero-order chi connectivity index (χ0) is 13.3. The van der Waals surface area contributed by atoms with Gasteiger partial charge in [0.15, 0.2) is 0 Å². The summed E-state index contributed by atoms with van der Waals surface area (Å²) in [7, 11) is 1.38. The number of hydrogen-bond donors (Lipinski definition) is 2. The van der Waals surface area contributed by atoms with E-state index in [4.69, 9.17) is 10.6 Å². The van der Waals surface area contributed by atoms with Crippen molar-refractivity contribution in [3.63, 3.8) is 0 Å². The lowest BCUT2D eigenvalue weighted by Crippen LogP contribution is -2.09. The topological polar surface area (TPSA) is 60.2 Å². The Bertz CT molecular complexity index is 589. The van der Waals surface area contributed by atoms with Crippen LogP contribution in [0, 0.1) is 5.82 Å². The zero-order valence-electron chi connectivity index (χ0n) is 9.38. The number of nitrogens with one attached hydrogen (secondary N) is 1. The van der Waals surface area contributed by atoms with Gasteiger partial charge in [-0.15, -0.1) is 0 Å². The largest absolute Gasteiger partial charge is 0.496 e. The van der Waals surface area contributed by atoms with Crippen LogP contribution < -0.4 is 16.0 Å². The second-order valence-electron chi connectivity index (χ2n) is 3.51. The number of fused-ring (bicyclic) bond motifs is 1. The molecule has 18 heavy (non-hydrogen) atoms. The van der Waals surface area contributed by atoms with Gasteiger partial charge in [-0.1, -0.05) is 0 Å². The molecule has 7 heteroatoms. The number of halogens is 3. The normalized spacial score (nSPS) is 11.0. The number of nitrogens with two attached hydrogens (primary N) is 1. The molecule has 0 saturated heterocycles. The smallest absolute Gasteiger partial charge is 0.280 e. The molecule has 0 unspecified atom stereocenters. The highest BCUT2D eigenvalue weighted by Gasteiger charge is 2.17. The average Bonchev–Trinajstić information content (AvgIpc) is 2.38. The SMILES string of the molecule is COc1ccc(F)c2nc(C(F)F)cc(NN)c12. The fourth-order valence-electron chi connectivity index (χ4n) is 1.69. The number of hydrogen-bond acceptors (Lipinski definition) is 4. The molecule has 1 aromatic carbocycles. The van der Waals surface area contributed by atoms with E-state index in [0.717, 1.165) is 12.1 Å². The molecule has 0 radical (unpaired) electrons. The Morgan fingerprint density at radius 3 is 2.67 bits per heavy atom. The third-order valence-corrected chi connectivity index (χ3v) is 2.49. The lowest BCUT2D eigenvalue weighted by Gasteiger charge is -2.12. The van der Waals surface area contributed by atoms with Gasteiger partial charge in [-0.2, -0.15) is 0 Å². The summed E-state index contributed by atoms with van der Waals surface area (Å²) in [6.45, 7) is 0. The Balaban J connectivity index is 2.86. The van der Waals surface area contributed by atoms with Crippen LogP contribution in [0.15, 0.2) is 18.2 Å². The molecule has 0 fully saturated rings. The van der Waals surface area contributed by atoms with E-state index in [1.807, 2.05) is 0 Å². The van der Waals surface area contributed by atoms with Gasteiger partial charge in [0.2, 0.25) is 0 Å². The first-order valence-electron chi connectivity index (χ1n) is 5.00. The summed E-state index contributed by atoms with van der Waals surface area (Å²) >= 11 is 0. The van der Waals surface area contributed by atoms with Crippen LogP contribution in [-0.2, 0) is 0 Å². The lowest BCUT2D eigenvalue weighted by molar-refractivity contribution is 0.146. The summed E-state index contributed by atoms with van der Waals surface area (Å²) in [6.07, 6.45) is -2.81. The number of methoxy groups -OCH3 is 1. The second kappa shape index (κ2) is 4.69. The van der Waals surface area contributed by atoms with Crippen LogP contribution in [0.4, 0.5) is 18.9 Å². The Morgan fingerprint density at radius 2 is 2.11 bits per heavy atom. The van der Waals surface area contributed by atoms with E-state index in [2.05, 4.69) is 10.4 Å². The van der Waals surface area contributed by atoms with Crippen molar-refractivity contribution >= 4 is 16.6 Å². The average molecular weight is 257 g/mol. The molecule has 4 nitrogen and oxygen atoms in total. The molecule has 3 N–H and O–H groups in total. The van der Waals surface area contributed by atoms with Crippen molar-refractivity contribution in [2.45, 2.75) is 6.43 Å². The highest BCUT2D eigenvalue weighted by molar-refractivity contribution is 5.96. The predicted octanol–water partition coefficient (Wildman–Crippen LogP) is 2.61. The standard InChI is InChI=1S/C11H10F3N3O/c1-18-8-3-2-5(12)10-9(8)6(17-15)4-7(16-10)11(13)14/h2-4,11H,15H2,1H3,(H,16,17). The molecular weight excluding hydrogens is 247 g/mol. The summed E-state index contributed by atoms with van der Waals surface area (Å²) in [5.74, 6) is 4.84. The minimum Gasteiger partial charge on any atom is -0.496 e. The van der Waals surface area contributed by atoms with E-state index in [1.54, 1.807) is 0 Å². The number of hydrazine groups is 1. The number of nitrogens with zero attached hydrogens (tertiary/aromatic N) is 1. The van der Waals surface area contributed by atoms with Crippen LogP contribution in [0.1, 0.15) is 12.1 Å². The fourth-order valence-corrected chi connectivity index (χ4v) is 1.69. The third-order valence-electron chi connectivity index (χ3n) is 2.49. The maximum atomic E-state index is 13.6. The molecular formula is C11H10F3N3O. The number of aromatic nitrogens is 1.